The summed E-state index contributed by atoms with van der Waals surface area (Å²) < 4.78 is 5.33. The summed E-state index contributed by atoms with van der Waals surface area (Å²) in [5, 5.41) is 0.611. The number of carbonyl (C=O) groups excluding carboxylic acids is 1. The second-order valence-corrected chi connectivity index (χ2v) is 7.05. The third kappa shape index (κ3) is 3.03. The molecule has 2 nitrogen and oxygen atoms in total. The number of benzene rings is 1. The van der Waals surface area contributed by atoms with E-state index in [9.17, 15) is 4.79 Å². The molecule has 0 aromatic heterocycles. The van der Waals surface area contributed by atoms with E-state index in [1.807, 2.05) is 25.1 Å². The van der Waals surface area contributed by atoms with Gasteiger partial charge in [0.2, 0.25) is 5.78 Å². The van der Waals surface area contributed by atoms with Crippen LogP contribution in [-0.2, 0) is 15.6 Å². The molecule has 1 fully saturated rings. The van der Waals surface area contributed by atoms with Crippen LogP contribution in [0.4, 0.5) is 0 Å². The molecular formula is C13H16ClO2S+. The molecule has 1 saturated heterocycles. The smallest absolute Gasteiger partial charge is 0.216 e. The summed E-state index contributed by atoms with van der Waals surface area (Å²) in [4.78, 5) is 12.3. The molecule has 1 unspecified atom stereocenters. The number of carbonyl (C=O) groups is 1. The minimum absolute atomic E-state index is 0.0544. The van der Waals surface area contributed by atoms with Gasteiger partial charge in [0.25, 0.3) is 0 Å². The topological polar surface area (TPSA) is 26.3 Å². The summed E-state index contributed by atoms with van der Waals surface area (Å²) in [7, 11) is 0.139. The van der Waals surface area contributed by atoms with Crippen LogP contribution < -0.4 is 0 Å². The van der Waals surface area contributed by atoms with Crippen LogP contribution in [0.25, 0.3) is 0 Å². The zero-order valence-electron chi connectivity index (χ0n) is 9.82. The first kappa shape index (κ1) is 12.9. The molecule has 17 heavy (non-hydrogen) atoms. The molecule has 1 aliphatic rings. The summed E-state index contributed by atoms with van der Waals surface area (Å²) in [6.07, 6.45) is 0. The van der Waals surface area contributed by atoms with Crippen LogP contribution in [0.1, 0.15) is 17.3 Å². The van der Waals surface area contributed by atoms with Crippen molar-refractivity contribution in [2.24, 2.45) is 0 Å². The van der Waals surface area contributed by atoms with E-state index in [1.165, 1.54) is 0 Å². The van der Waals surface area contributed by atoms with Crippen molar-refractivity contribution in [3.8, 4) is 0 Å². The highest BCUT2D eigenvalue weighted by Crippen LogP contribution is 2.21. The van der Waals surface area contributed by atoms with E-state index in [0.29, 0.717) is 10.6 Å². The van der Waals surface area contributed by atoms with E-state index < -0.39 is 0 Å². The van der Waals surface area contributed by atoms with Crippen LogP contribution in [0, 0.1) is 0 Å². The quantitative estimate of drug-likeness (QED) is 0.624. The molecule has 1 heterocycles. The Balaban J connectivity index is 2.11. The van der Waals surface area contributed by atoms with Crippen molar-refractivity contribution in [1.29, 1.82) is 0 Å². The van der Waals surface area contributed by atoms with Gasteiger partial charge in [-0.15, -0.1) is 0 Å². The van der Waals surface area contributed by atoms with Crippen molar-refractivity contribution in [1.82, 2.24) is 0 Å². The zero-order chi connectivity index (χ0) is 12.3. The van der Waals surface area contributed by atoms with Gasteiger partial charge in [0, 0.05) is 16.5 Å². The number of hydrogen-bond donors (Lipinski definition) is 0. The second kappa shape index (κ2) is 5.89. The lowest BCUT2D eigenvalue weighted by molar-refractivity contribution is 0.0991. The van der Waals surface area contributed by atoms with Gasteiger partial charge in [0.15, 0.2) is 5.25 Å². The summed E-state index contributed by atoms with van der Waals surface area (Å²) in [5.74, 6) is 2.16. The lowest BCUT2D eigenvalue weighted by Crippen LogP contribution is -2.38. The van der Waals surface area contributed by atoms with Gasteiger partial charge < -0.3 is 4.74 Å². The fourth-order valence-corrected chi connectivity index (χ4v) is 4.15. The lowest BCUT2D eigenvalue weighted by Gasteiger charge is -2.19. The molecule has 0 N–H and O–H groups in total. The Morgan fingerprint density at radius 3 is 2.65 bits per heavy atom. The zero-order valence-corrected chi connectivity index (χ0v) is 11.4. The van der Waals surface area contributed by atoms with Crippen LogP contribution in [0.5, 0.6) is 0 Å². The third-order valence-corrected chi connectivity index (χ3v) is 5.91. The second-order valence-electron chi connectivity index (χ2n) is 4.04. The summed E-state index contributed by atoms with van der Waals surface area (Å²) >= 11 is 6.06. The molecular weight excluding hydrogens is 256 g/mol. The molecule has 0 bridgehead atoms. The lowest BCUT2D eigenvalue weighted by atomic mass is 10.1. The maximum Gasteiger partial charge on any atom is 0.216 e. The van der Waals surface area contributed by atoms with Gasteiger partial charge in [-0.3, -0.25) is 4.79 Å². The maximum absolute atomic E-state index is 12.3. The largest absolute Gasteiger partial charge is 0.372 e. The van der Waals surface area contributed by atoms with Gasteiger partial charge >= 0.3 is 0 Å². The van der Waals surface area contributed by atoms with E-state index in [0.717, 1.165) is 24.7 Å². The first-order valence-electron chi connectivity index (χ1n) is 5.73. The molecule has 0 radical (unpaired) electrons. The highest BCUT2D eigenvalue weighted by atomic mass is 35.5. The molecule has 0 aliphatic carbocycles. The van der Waals surface area contributed by atoms with Crippen LogP contribution >= 0.6 is 11.6 Å². The fraction of sp³-hybridized carbons (Fsp3) is 0.462. The molecule has 4 heteroatoms. The first-order valence-corrected chi connectivity index (χ1v) is 7.73. The fourth-order valence-electron chi connectivity index (χ4n) is 1.92. The Morgan fingerprint density at radius 2 is 2.00 bits per heavy atom. The van der Waals surface area contributed by atoms with Crippen LogP contribution in [-0.4, -0.2) is 35.8 Å². The molecule has 92 valence electrons. The Hall–Kier alpha value is -0.510. The molecule has 1 aromatic rings. The van der Waals surface area contributed by atoms with Gasteiger partial charge in [0.1, 0.15) is 11.5 Å². The number of ether oxygens (including phenoxy) is 1. The van der Waals surface area contributed by atoms with Crippen LogP contribution in [0.2, 0.25) is 5.02 Å². The number of ketones is 1. The molecule has 1 aromatic carbocycles. The van der Waals surface area contributed by atoms with Crippen molar-refractivity contribution in [2.45, 2.75) is 12.2 Å². The van der Waals surface area contributed by atoms with Crippen molar-refractivity contribution in [2.75, 3.05) is 24.7 Å². The van der Waals surface area contributed by atoms with Crippen molar-refractivity contribution >= 4 is 28.3 Å². The first-order chi connectivity index (χ1) is 8.20. The van der Waals surface area contributed by atoms with Crippen molar-refractivity contribution in [3.63, 3.8) is 0 Å². The predicted octanol–water partition coefficient (Wildman–Crippen LogP) is 2.56. The number of rotatable bonds is 3. The summed E-state index contributed by atoms with van der Waals surface area (Å²) in [6, 6.07) is 7.29. The van der Waals surface area contributed by atoms with Gasteiger partial charge in [0.05, 0.1) is 18.2 Å². The van der Waals surface area contributed by atoms with Crippen LogP contribution in [0.15, 0.2) is 24.3 Å². The van der Waals surface area contributed by atoms with Crippen molar-refractivity contribution in [3.05, 3.63) is 34.9 Å². The molecule has 0 amide bonds. The Kier molecular flexibility index (Phi) is 4.48. The molecule has 0 spiro atoms. The van der Waals surface area contributed by atoms with Crippen molar-refractivity contribution < 1.29 is 9.53 Å². The monoisotopic (exact) mass is 271 g/mol. The molecule has 2 rings (SSSR count). The maximum atomic E-state index is 12.3. The predicted molar refractivity (Wildman–Crippen MR) is 73.2 cm³/mol. The average Bonchev–Trinajstić information content (AvgIpc) is 2.39. The highest BCUT2D eigenvalue weighted by molar-refractivity contribution is 7.98. The Labute approximate surface area is 110 Å². The molecule has 0 saturated carbocycles. The SMILES string of the molecule is CC(C(=O)c1ccccc1Cl)[S+]1CCOCC1. The molecule has 1 aliphatic heterocycles. The van der Waals surface area contributed by atoms with E-state index in [2.05, 4.69) is 0 Å². The van der Waals surface area contributed by atoms with Crippen LogP contribution in [0.3, 0.4) is 0 Å². The normalized spacial score (nSPS) is 18.9. The Morgan fingerprint density at radius 1 is 1.35 bits per heavy atom. The molecule has 1 atom stereocenters. The van der Waals surface area contributed by atoms with Gasteiger partial charge in [-0.1, -0.05) is 23.7 Å². The average molecular weight is 272 g/mol. The van der Waals surface area contributed by atoms with E-state index >= 15 is 0 Å². The van der Waals surface area contributed by atoms with Gasteiger partial charge in [-0.05, 0) is 19.1 Å². The Bertz CT molecular complexity index is 402. The van der Waals surface area contributed by atoms with E-state index in [-0.39, 0.29) is 21.9 Å². The van der Waals surface area contributed by atoms with E-state index in [4.69, 9.17) is 16.3 Å². The third-order valence-electron chi connectivity index (χ3n) is 2.99. The standard InChI is InChI=1S/C13H16ClO2S/c1-10(17-8-6-16-7-9-17)13(15)11-4-2-3-5-12(11)14/h2-5,10H,6-9H2,1H3/q+1. The highest BCUT2D eigenvalue weighted by Gasteiger charge is 2.35. The number of hydrogen-bond acceptors (Lipinski definition) is 2. The summed E-state index contributed by atoms with van der Waals surface area (Å²) in [5.41, 5.74) is 0.653. The van der Waals surface area contributed by atoms with Gasteiger partial charge in [-0.2, -0.15) is 0 Å². The number of halogens is 1. The van der Waals surface area contributed by atoms with E-state index in [1.54, 1.807) is 6.07 Å². The summed E-state index contributed by atoms with van der Waals surface area (Å²) in [6.45, 7) is 3.58. The minimum atomic E-state index is 0.0544. The minimum Gasteiger partial charge on any atom is -0.372 e. The van der Waals surface area contributed by atoms with Gasteiger partial charge in [-0.25, -0.2) is 0 Å². The number of Topliss-reactive ketones (excluding diaryl/α,β-unsaturated/α-hetero) is 1.